The van der Waals surface area contributed by atoms with Crippen molar-refractivity contribution in [2.45, 2.75) is 25.9 Å². The molecule has 4 heteroatoms. The number of Topliss-reactive ketones (excluding diaryl/α,β-unsaturated/α-hetero) is 1. The Hall–Kier alpha value is -0.930. The zero-order valence-corrected chi connectivity index (χ0v) is 8.34. The Labute approximate surface area is 86.7 Å². The minimum atomic E-state index is -0.180. The maximum Gasteiger partial charge on any atom is 0.181 e. The number of carbonyl (C=O) groups is 1. The number of nitrogens with zero attached hydrogens (tertiary/aromatic N) is 1. The second-order valence-electron chi connectivity index (χ2n) is 3.36. The van der Waals surface area contributed by atoms with Crippen molar-refractivity contribution < 1.29 is 9.90 Å². The van der Waals surface area contributed by atoms with Crippen molar-refractivity contribution in [1.29, 1.82) is 0 Å². The second kappa shape index (κ2) is 3.67. The van der Waals surface area contributed by atoms with Gasteiger partial charge in [0, 0.05) is 17.0 Å². The molecule has 0 spiro atoms. The molecule has 14 heavy (non-hydrogen) atoms. The number of ketones is 1. The third-order valence-corrected chi connectivity index (χ3v) is 2.72. The molecule has 1 aromatic heterocycles. The number of aliphatic hydroxyl groups is 1. The van der Waals surface area contributed by atoms with E-state index in [0.29, 0.717) is 22.8 Å². The Morgan fingerprint density at radius 2 is 2.29 bits per heavy atom. The third kappa shape index (κ3) is 1.53. The molecule has 0 unspecified atom stereocenters. The molecule has 0 aliphatic heterocycles. The number of aromatic nitrogens is 1. The van der Waals surface area contributed by atoms with Crippen molar-refractivity contribution in [3.8, 4) is 0 Å². The molecular weight excluding hydrogens is 202 g/mol. The fourth-order valence-electron chi connectivity index (χ4n) is 1.68. The first-order valence-corrected chi connectivity index (χ1v) is 4.92. The van der Waals surface area contributed by atoms with E-state index in [-0.39, 0.29) is 12.4 Å². The molecule has 1 aliphatic rings. The number of halogens is 1. The summed E-state index contributed by atoms with van der Waals surface area (Å²) in [6, 6.07) is 1.62. The summed E-state index contributed by atoms with van der Waals surface area (Å²) < 4.78 is 0. The van der Waals surface area contributed by atoms with Crippen LogP contribution in [0.5, 0.6) is 0 Å². The van der Waals surface area contributed by atoms with Crippen LogP contribution in [0.1, 0.15) is 34.6 Å². The fraction of sp³-hybridized carbons (Fsp3) is 0.400. The molecular formula is C10H10ClNO2. The van der Waals surface area contributed by atoms with Gasteiger partial charge in [0.05, 0.1) is 12.3 Å². The Kier molecular flexibility index (Phi) is 2.52. The quantitative estimate of drug-likeness (QED) is 0.770. The Bertz CT molecular complexity index is 390. The molecule has 0 atom stereocenters. The summed E-state index contributed by atoms with van der Waals surface area (Å²) >= 11 is 5.99. The van der Waals surface area contributed by atoms with Gasteiger partial charge in [0.25, 0.3) is 0 Å². The van der Waals surface area contributed by atoms with E-state index in [4.69, 9.17) is 16.7 Å². The van der Waals surface area contributed by atoms with Gasteiger partial charge in [0.15, 0.2) is 5.78 Å². The van der Waals surface area contributed by atoms with E-state index in [2.05, 4.69) is 4.98 Å². The van der Waals surface area contributed by atoms with Gasteiger partial charge in [-0.25, -0.2) is 4.98 Å². The molecule has 3 nitrogen and oxygen atoms in total. The predicted molar refractivity (Wildman–Crippen MR) is 52.4 cm³/mol. The SMILES string of the molecule is O=C1CCCc2c(Cl)cc(CO)nc21. The van der Waals surface area contributed by atoms with E-state index in [0.717, 1.165) is 18.4 Å². The van der Waals surface area contributed by atoms with Crippen molar-refractivity contribution in [2.24, 2.45) is 0 Å². The maximum absolute atomic E-state index is 11.5. The predicted octanol–water partition coefficient (Wildman–Crippen LogP) is 1.75. The van der Waals surface area contributed by atoms with Crippen molar-refractivity contribution in [3.05, 3.63) is 28.0 Å². The second-order valence-corrected chi connectivity index (χ2v) is 3.76. The highest BCUT2D eigenvalue weighted by Gasteiger charge is 2.21. The Balaban J connectivity index is 2.57. The molecule has 0 bridgehead atoms. The molecule has 0 amide bonds. The molecule has 74 valence electrons. The summed E-state index contributed by atoms with van der Waals surface area (Å²) in [5.41, 5.74) is 1.75. The van der Waals surface area contributed by atoms with Crippen LogP contribution in [0.2, 0.25) is 5.02 Å². The molecule has 1 heterocycles. The van der Waals surface area contributed by atoms with Crippen molar-refractivity contribution in [2.75, 3.05) is 0 Å². The van der Waals surface area contributed by atoms with Crippen LogP contribution in [0.3, 0.4) is 0 Å². The van der Waals surface area contributed by atoms with E-state index >= 15 is 0 Å². The van der Waals surface area contributed by atoms with E-state index in [1.165, 1.54) is 0 Å². The minimum Gasteiger partial charge on any atom is -0.390 e. The van der Waals surface area contributed by atoms with Crippen LogP contribution < -0.4 is 0 Å². The summed E-state index contributed by atoms with van der Waals surface area (Å²) in [5.74, 6) is 0.0310. The van der Waals surface area contributed by atoms with Gasteiger partial charge >= 0.3 is 0 Å². The molecule has 2 rings (SSSR count). The molecule has 1 N–H and O–H groups in total. The van der Waals surface area contributed by atoms with Crippen LogP contribution in [0, 0.1) is 0 Å². The van der Waals surface area contributed by atoms with Crippen LogP contribution in [-0.4, -0.2) is 15.9 Å². The summed E-state index contributed by atoms with van der Waals surface area (Å²) in [4.78, 5) is 15.6. The van der Waals surface area contributed by atoms with Crippen LogP contribution in [-0.2, 0) is 13.0 Å². The summed E-state index contributed by atoms with van der Waals surface area (Å²) in [6.07, 6.45) is 2.18. The van der Waals surface area contributed by atoms with Gasteiger partial charge in [-0.15, -0.1) is 0 Å². The Morgan fingerprint density at radius 1 is 1.50 bits per heavy atom. The fourth-order valence-corrected chi connectivity index (χ4v) is 1.99. The molecule has 1 aromatic rings. The van der Waals surface area contributed by atoms with Gasteiger partial charge in [-0.05, 0) is 18.9 Å². The standard InChI is InChI=1S/C10H10ClNO2/c11-8-4-6(5-13)12-10-7(8)2-1-3-9(10)14/h4,13H,1-3,5H2. The van der Waals surface area contributed by atoms with Gasteiger partial charge in [-0.3, -0.25) is 4.79 Å². The van der Waals surface area contributed by atoms with Gasteiger partial charge in [0.2, 0.25) is 0 Å². The lowest BCUT2D eigenvalue weighted by Gasteiger charge is -2.15. The number of hydrogen-bond donors (Lipinski definition) is 1. The van der Waals surface area contributed by atoms with Crippen LogP contribution in [0.25, 0.3) is 0 Å². The lowest BCUT2D eigenvalue weighted by molar-refractivity contribution is 0.0966. The molecule has 0 aromatic carbocycles. The highest BCUT2D eigenvalue weighted by molar-refractivity contribution is 6.32. The average molecular weight is 212 g/mol. The highest BCUT2D eigenvalue weighted by atomic mass is 35.5. The number of rotatable bonds is 1. The normalized spacial score (nSPS) is 15.4. The summed E-state index contributed by atoms with van der Waals surface area (Å²) in [7, 11) is 0. The average Bonchev–Trinajstić information content (AvgIpc) is 2.19. The number of carbonyl (C=O) groups excluding carboxylic acids is 1. The van der Waals surface area contributed by atoms with Gasteiger partial charge < -0.3 is 5.11 Å². The van der Waals surface area contributed by atoms with Crippen LogP contribution >= 0.6 is 11.6 Å². The third-order valence-electron chi connectivity index (χ3n) is 2.38. The van der Waals surface area contributed by atoms with Gasteiger partial charge in [-0.1, -0.05) is 11.6 Å². The first-order valence-electron chi connectivity index (χ1n) is 4.54. The van der Waals surface area contributed by atoms with Crippen molar-refractivity contribution in [3.63, 3.8) is 0 Å². The first kappa shape index (κ1) is 9.62. The zero-order chi connectivity index (χ0) is 10.1. The molecule has 0 saturated heterocycles. The molecule has 1 aliphatic carbocycles. The molecule has 0 fully saturated rings. The Morgan fingerprint density at radius 3 is 3.00 bits per heavy atom. The van der Waals surface area contributed by atoms with Gasteiger partial charge in [-0.2, -0.15) is 0 Å². The first-order chi connectivity index (χ1) is 6.72. The van der Waals surface area contributed by atoms with Crippen LogP contribution in [0.15, 0.2) is 6.07 Å². The monoisotopic (exact) mass is 211 g/mol. The highest BCUT2D eigenvalue weighted by Crippen LogP contribution is 2.27. The molecule has 0 radical (unpaired) electrons. The smallest absolute Gasteiger partial charge is 0.181 e. The largest absolute Gasteiger partial charge is 0.390 e. The zero-order valence-electron chi connectivity index (χ0n) is 7.59. The van der Waals surface area contributed by atoms with Gasteiger partial charge in [0.1, 0.15) is 5.69 Å². The lowest BCUT2D eigenvalue weighted by Crippen LogP contribution is -2.14. The van der Waals surface area contributed by atoms with Crippen molar-refractivity contribution in [1.82, 2.24) is 4.98 Å². The summed E-state index contributed by atoms with van der Waals surface area (Å²) in [5, 5.41) is 9.47. The summed E-state index contributed by atoms with van der Waals surface area (Å²) in [6.45, 7) is -0.180. The van der Waals surface area contributed by atoms with E-state index in [1.54, 1.807) is 6.07 Å². The van der Waals surface area contributed by atoms with E-state index in [1.807, 2.05) is 0 Å². The van der Waals surface area contributed by atoms with Crippen molar-refractivity contribution >= 4 is 17.4 Å². The number of aliphatic hydroxyl groups excluding tert-OH is 1. The van der Waals surface area contributed by atoms with Crippen LogP contribution in [0.4, 0.5) is 0 Å². The molecule has 0 saturated carbocycles. The number of fused-ring (bicyclic) bond motifs is 1. The van der Waals surface area contributed by atoms with E-state index in [9.17, 15) is 4.79 Å². The lowest BCUT2D eigenvalue weighted by atomic mass is 9.94. The topological polar surface area (TPSA) is 50.2 Å². The maximum atomic E-state index is 11.5. The van der Waals surface area contributed by atoms with E-state index < -0.39 is 0 Å². The minimum absolute atomic E-state index is 0.0310. The number of pyridine rings is 1. The number of hydrogen-bond acceptors (Lipinski definition) is 3.